The van der Waals surface area contributed by atoms with Crippen molar-refractivity contribution in [3.63, 3.8) is 0 Å². The van der Waals surface area contributed by atoms with E-state index in [-0.39, 0.29) is 5.56 Å². The Morgan fingerprint density at radius 2 is 1.53 bits per heavy atom. The lowest BCUT2D eigenvalue weighted by atomic mass is 9.96. The summed E-state index contributed by atoms with van der Waals surface area (Å²) < 4.78 is 41.9. The zero-order valence-corrected chi connectivity index (χ0v) is 22.3. The van der Waals surface area contributed by atoms with E-state index in [1.165, 1.54) is 12.1 Å². The van der Waals surface area contributed by atoms with Crippen LogP contribution in [0.15, 0.2) is 42.6 Å². The van der Waals surface area contributed by atoms with Crippen LogP contribution < -0.4 is 5.32 Å². The van der Waals surface area contributed by atoms with E-state index in [1.807, 2.05) is 0 Å². The molecule has 0 aliphatic carbocycles. The van der Waals surface area contributed by atoms with Crippen LogP contribution in [-0.4, -0.2) is 19.0 Å². The average Bonchev–Trinajstić information content (AvgIpc) is 2.72. The van der Waals surface area contributed by atoms with Crippen LogP contribution in [0.2, 0.25) is 16.6 Å². The van der Waals surface area contributed by atoms with Gasteiger partial charge < -0.3 is 5.32 Å². The van der Waals surface area contributed by atoms with Gasteiger partial charge in [0, 0.05) is 11.8 Å². The van der Waals surface area contributed by atoms with Gasteiger partial charge in [0.05, 0.1) is 22.4 Å². The van der Waals surface area contributed by atoms with Crippen molar-refractivity contribution in [3.8, 4) is 11.5 Å². The second kappa shape index (κ2) is 10.3. The molecule has 1 heterocycles. The molecule has 0 saturated carbocycles. The third-order valence-corrected chi connectivity index (χ3v) is 12.9. The molecule has 0 unspecified atom stereocenters. The van der Waals surface area contributed by atoms with E-state index in [9.17, 15) is 18.0 Å². The molecule has 2 aromatic rings. The summed E-state index contributed by atoms with van der Waals surface area (Å²) in [5, 5.41) is 2.75. The van der Waals surface area contributed by atoms with Crippen LogP contribution in [-0.2, 0) is 11.7 Å². The van der Waals surface area contributed by atoms with Crippen LogP contribution >= 0.6 is 0 Å². The van der Waals surface area contributed by atoms with Crippen LogP contribution in [0.4, 0.5) is 13.2 Å². The minimum atomic E-state index is -4.69. The van der Waals surface area contributed by atoms with Crippen LogP contribution in [0.5, 0.6) is 0 Å². The van der Waals surface area contributed by atoms with E-state index in [2.05, 4.69) is 63.3 Å². The predicted octanol–water partition coefficient (Wildman–Crippen LogP) is 7.34. The summed E-state index contributed by atoms with van der Waals surface area (Å²) in [5.41, 5.74) is 2.62. The minimum Gasteiger partial charge on any atom is -0.341 e. The zero-order valence-electron chi connectivity index (χ0n) is 21.3. The Morgan fingerprint density at radius 1 is 0.941 bits per heavy atom. The zero-order chi connectivity index (χ0) is 25.9. The first-order valence-electron chi connectivity index (χ1n) is 11.6. The summed E-state index contributed by atoms with van der Waals surface area (Å²) in [4.78, 5) is 17.6. The van der Waals surface area contributed by atoms with Gasteiger partial charge in [0.15, 0.2) is 0 Å². The lowest BCUT2D eigenvalue weighted by Crippen LogP contribution is -2.43. The maximum absolute atomic E-state index is 14.0. The number of hydrogen-bond acceptors (Lipinski definition) is 2. The standard InChI is InChI=1S/C27H35F3N2OSi/c1-18(2)34(19(3)4,20(5)6)17-15-21-12-11-13-22(27(28,29)30)24(21)25(33)32-26(7,8)23-14-9-10-16-31-23/h9-14,16,18-20H,1-8H3,(H,32,33). The number of aromatic nitrogens is 1. The van der Waals surface area contributed by atoms with Gasteiger partial charge in [0.25, 0.3) is 5.91 Å². The van der Waals surface area contributed by atoms with Crippen molar-refractivity contribution in [1.29, 1.82) is 0 Å². The first kappa shape index (κ1) is 27.6. The number of nitrogens with one attached hydrogen (secondary N) is 1. The first-order valence-corrected chi connectivity index (χ1v) is 13.8. The lowest BCUT2D eigenvalue weighted by Gasteiger charge is -2.38. The lowest BCUT2D eigenvalue weighted by molar-refractivity contribution is -0.138. The third-order valence-electron chi connectivity index (χ3n) is 6.61. The molecule has 2 rings (SSSR count). The minimum absolute atomic E-state index is 0.1000. The second-order valence-corrected chi connectivity index (χ2v) is 15.7. The summed E-state index contributed by atoms with van der Waals surface area (Å²) in [7, 11) is -2.21. The topological polar surface area (TPSA) is 42.0 Å². The molecule has 1 aromatic heterocycles. The quantitative estimate of drug-likeness (QED) is 0.341. The van der Waals surface area contributed by atoms with Crippen molar-refractivity contribution < 1.29 is 18.0 Å². The Balaban J connectivity index is 2.68. The van der Waals surface area contributed by atoms with Crippen molar-refractivity contribution >= 4 is 14.0 Å². The number of benzene rings is 1. The number of carbonyl (C=O) groups excluding carboxylic acids is 1. The molecule has 7 heteroatoms. The van der Waals surface area contributed by atoms with Gasteiger partial charge in [0.1, 0.15) is 8.07 Å². The van der Waals surface area contributed by atoms with E-state index in [0.29, 0.717) is 22.3 Å². The fraction of sp³-hybridized carbons (Fsp3) is 0.481. The van der Waals surface area contributed by atoms with Crippen molar-refractivity contribution in [2.45, 2.75) is 83.7 Å². The number of hydrogen-bond donors (Lipinski definition) is 1. The highest BCUT2D eigenvalue weighted by Gasteiger charge is 2.42. The van der Waals surface area contributed by atoms with Crippen molar-refractivity contribution in [3.05, 3.63) is 65.0 Å². The normalized spacial score (nSPS) is 12.6. The number of alkyl halides is 3. The monoisotopic (exact) mass is 488 g/mol. The molecule has 0 fully saturated rings. The van der Waals surface area contributed by atoms with Gasteiger partial charge >= 0.3 is 6.18 Å². The molecule has 0 saturated heterocycles. The molecule has 1 N–H and O–H groups in total. The Morgan fingerprint density at radius 3 is 2.00 bits per heavy atom. The Labute approximate surface area is 202 Å². The van der Waals surface area contributed by atoms with Gasteiger partial charge in [-0.05, 0) is 54.7 Å². The van der Waals surface area contributed by atoms with Crippen molar-refractivity contribution in [2.75, 3.05) is 0 Å². The molecule has 0 aliphatic heterocycles. The van der Waals surface area contributed by atoms with Gasteiger partial charge in [-0.2, -0.15) is 13.2 Å². The smallest absolute Gasteiger partial charge is 0.341 e. The molecular weight excluding hydrogens is 453 g/mol. The van der Waals surface area contributed by atoms with Crippen molar-refractivity contribution in [2.24, 2.45) is 0 Å². The highest BCUT2D eigenvalue weighted by atomic mass is 28.3. The summed E-state index contributed by atoms with van der Waals surface area (Å²) >= 11 is 0. The molecule has 0 radical (unpaired) electrons. The third kappa shape index (κ3) is 5.72. The number of amides is 1. The largest absolute Gasteiger partial charge is 0.417 e. The second-order valence-electron chi connectivity index (χ2n) is 10.2. The Hall–Kier alpha value is -2.59. The first-order chi connectivity index (χ1) is 15.6. The van der Waals surface area contributed by atoms with Gasteiger partial charge in [-0.3, -0.25) is 9.78 Å². The number of rotatable bonds is 6. The molecule has 1 amide bonds. The number of pyridine rings is 1. The van der Waals surface area contributed by atoms with Gasteiger partial charge in [-0.15, -0.1) is 5.54 Å². The number of halogens is 3. The molecule has 34 heavy (non-hydrogen) atoms. The number of carbonyl (C=O) groups is 1. The fourth-order valence-corrected chi connectivity index (χ4v) is 10.1. The molecule has 0 atom stereocenters. The van der Waals surface area contributed by atoms with E-state index < -0.39 is 36.8 Å². The van der Waals surface area contributed by atoms with Gasteiger partial charge in [0.2, 0.25) is 0 Å². The van der Waals surface area contributed by atoms with E-state index >= 15 is 0 Å². The summed E-state index contributed by atoms with van der Waals surface area (Å²) in [6.45, 7) is 16.2. The van der Waals surface area contributed by atoms with E-state index in [0.717, 1.165) is 6.07 Å². The van der Waals surface area contributed by atoms with Crippen LogP contribution in [0, 0.1) is 11.5 Å². The van der Waals surface area contributed by atoms with Crippen LogP contribution in [0.1, 0.15) is 82.6 Å². The molecular formula is C27H35F3N2OSi. The van der Waals surface area contributed by atoms with Crippen LogP contribution in [0.25, 0.3) is 0 Å². The maximum atomic E-state index is 14.0. The number of nitrogens with zero attached hydrogens (tertiary/aromatic N) is 1. The molecule has 1 aromatic carbocycles. The van der Waals surface area contributed by atoms with Crippen molar-refractivity contribution in [1.82, 2.24) is 10.3 Å². The Kier molecular flexibility index (Phi) is 8.42. The summed E-state index contributed by atoms with van der Waals surface area (Å²) in [6, 6.07) is 8.99. The van der Waals surface area contributed by atoms with Gasteiger partial charge in [-0.25, -0.2) is 0 Å². The van der Waals surface area contributed by atoms with E-state index in [1.54, 1.807) is 38.2 Å². The molecule has 184 valence electrons. The molecule has 3 nitrogen and oxygen atoms in total. The van der Waals surface area contributed by atoms with Gasteiger partial charge in [-0.1, -0.05) is 59.6 Å². The summed E-state index contributed by atoms with van der Waals surface area (Å²) in [5.74, 6) is 2.23. The SMILES string of the molecule is CC(C)[Si](C#Cc1cccc(C(F)(F)F)c1C(=O)NC(C)(C)c1ccccn1)(C(C)C)C(C)C. The molecule has 0 aliphatic rings. The highest BCUT2D eigenvalue weighted by molar-refractivity contribution is 6.90. The van der Waals surface area contributed by atoms with Crippen LogP contribution in [0.3, 0.4) is 0 Å². The Bertz CT molecular complexity index is 1040. The molecule has 0 bridgehead atoms. The predicted molar refractivity (Wildman–Crippen MR) is 134 cm³/mol. The fourth-order valence-electron chi connectivity index (χ4n) is 4.89. The molecule has 0 spiro atoms. The highest BCUT2D eigenvalue weighted by Crippen LogP contribution is 2.41. The van der Waals surface area contributed by atoms with E-state index in [4.69, 9.17) is 0 Å². The maximum Gasteiger partial charge on any atom is 0.417 e. The average molecular weight is 489 g/mol. The summed E-state index contributed by atoms with van der Waals surface area (Å²) in [6.07, 6.45) is -3.11.